The maximum Gasteiger partial charge on any atom is 0.337 e. The van der Waals surface area contributed by atoms with Crippen molar-refractivity contribution < 1.29 is 19.1 Å². The first-order valence-electron chi connectivity index (χ1n) is 7.64. The van der Waals surface area contributed by atoms with E-state index in [4.69, 9.17) is 4.74 Å². The Hall–Kier alpha value is -2.89. The third kappa shape index (κ3) is 4.81. The number of methoxy groups -OCH3 is 1. The number of esters is 1. The number of carbonyl (C=O) groups excluding carboxylic acids is 2. The quantitative estimate of drug-likeness (QED) is 0.788. The molecule has 6 heteroatoms. The van der Waals surface area contributed by atoms with E-state index in [0.29, 0.717) is 17.0 Å². The molecule has 1 aromatic carbocycles. The predicted octanol–water partition coefficient (Wildman–Crippen LogP) is 2.13. The average Bonchev–Trinajstić information content (AvgIpc) is 2.64. The Morgan fingerprint density at radius 2 is 2.00 bits per heavy atom. The van der Waals surface area contributed by atoms with Crippen molar-refractivity contribution in [3.63, 3.8) is 0 Å². The first-order chi connectivity index (χ1) is 11.6. The summed E-state index contributed by atoms with van der Waals surface area (Å²) in [5.74, 6) is 0.0108. The van der Waals surface area contributed by atoms with E-state index < -0.39 is 5.97 Å². The molecule has 0 saturated heterocycles. The summed E-state index contributed by atoms with van der Waals surface area (Å²) in [6.07, 6.45) is 2.34. The van der Waals surface area contributed by atoms with E-state index in [9.17, 15) is 9.59 Å². The van der Waals surface area contributed by atoms with Gasteiger partial charge in [-0.25, -0.2) is 4.79 Å². The molecule has 0 spiro atoms. The lowest BCUT2D eigenvalue weighted by molar-refractivity contribution is -0.123. The van der Waals surface area contributed by atoms with E-state index >= 15 is 0 Å². The van der Waals surface area contributed by atoms with E-state index in [1.807, 2.05) is 31.2 Å². The number of rotatable bonds is 7. The van der Waals surface area contributed by atoms with Crippen LogP contribution in [0.5, 0.6) is 5.75 Å². The van der Waals surface area contributed by atoms with Gasteiger partial charge in [0, 0.05) is 6.20 Å². The molecule has 0 saturated carbocycles. The largest absolute Gasteiger partial charge is 0.483 e. The van der Waals surface area contributed by atoms with Crippen LogP contribution in [0.2, 0.25) is 0 Å². The second kappa shape index (κ2) is 8.67. The van der Waals surface area contributed by atoms with Crippen molar-refractivity contribution in [1.29, 1.82) is 0 Å². The number of carbonyl (C=O) groups is 2. The lowest BCUT2D eigenvalue weighted by atomic mass is 10.1. The van der Waals surface area contributed by atoms with Gasteiger partial charge in [0.2, 0.25) is 0 Å². The van der Waals surface area contributed by atoms with Crippen LogP contribution in [0.4, 0.5) is 0 Å². The van der Waals surface area contributed by atoms with Crippen molar-refractivity contribution in [2.24, 2.45) is 0 Å². The second-order valence-corrected chi connectivity index (χ2v) is 5.05. The highest BCUT2D eigenvalue weighted by atomic mass is 16.5. The van der Waals surface area contributed by atoms with Crippen molar-refractivity contribution in [2.45, 2.75) is 19.9 Å². The minimum absolute atomic E-state index is 0.0757. The minimum Gasteiger partial charge on any atom is -0.483 e. The van der Waals surface area contributed by atoms with E-state index in [2.05, 4.69) is 15.0 Å². The monoisotopic (exact) mass is 328 g/mol. The molecule has 1 heterocycles. The van der Waals surface area contributed by atoms with Crippen molar-refractivity contribution in [3.8, 4) is 5.75 Å². The molecule has 1 N–H and O–H groups in total. The minimum atomic E-state index is -0.440. The molecular weight excluding hydrogens is 308 g/mol. The van der Waals surface area contributed by atoms with Crippen molar-refractivity contribution in [2.75, 3.05) is 13.7 Å². The fraction of sp³-hybridized carbons (Fsp3) is 0.278. The van der Waals surface area contributed by atoms with Gasteiger partial charge in [-0.05, 0) is 30.2 Å². The van der Waals surface area contributed by atoms with Gasteiger partial charge in [0.25, 0.3) is 5.91 Å². The number of nitrogens with zero attached hydrogens (tertiary/aromatic N) is 1. The highest BCUT2D eigenvalue weighted by Gasteiger charge is 2.09. The third-order valence-electron chi connectivity index (χ3n) is 3.42. The highest BCUT2D eigenvalue weighted by molar-refractivity contribution is 5.89. The fourth-order valence-electron chi connectivity index (χ4n) is 2.14. The number of aromatic nitrogens is 1. The van der Waals surface area contributed by atoms with Crippen LogP contribution in [0.3, 0.4) is 0 Å². The molecule has 2 aromatic rings. The molecule has 0 bridgehead atoms. The van der Waals surface area contributed by atoms with Gasteiger partial charge in [0.15, 0.2) is 6.61 Å². The van der Waals surface area contributed by atoms with Crippen LogP contribution in [-0.4, -0.2) is 30.6 Å². The van der Waals surface area contributed by atoms with Crippen LogP contribution in [0.1, 0.15) is 28.5 Å². The van der Waals surface area contributed by atoms with Crippen LogP contribution in [-0.2, 0) is 22.5 Å². The molecule has 0 atom stereocenters. The van der Waals surface area contributed by atoms with Crippen LogP contribution in [0.15, 0.2) is 42.6 Å². The summed E-state index contributed by atoms with van der Waals surface area (Å²) in [5.41, 5.74) is 2.02. The van der Waals surface area contributed by atoms with Gasteiger partial charge in [0.1, 0.15) is 5.75 Å². The Kier molecular flexibility index (Phi) is 6.31. The normalized spacial score (nSPS) is 10.1. The smallest absolute Gasteiger partial charge is 0.337 e. The van der Waals surface area contributed by atoms with Crippen molar-refractivity contribution in [1.82, 2.24) is 10.3 Å². The molecule has 0 fully saturated rings. The van der Waals surface area contributed by atoms with Crippen molar-refractivity contribution in [3.05, 3.63) is 59.4 Å². The SMILES string of the molecule is CCc1ccccc1OCC(=O)NCc1cc(C(=O)OC)ccn1. The zero-order chi connectivity index (χ0) is 17.4. The lowest BCUT2D eigenvalue weighted by Gasteiger charge is -2.10. The van der Waals surface area contributed by atoms with E-state index in [-0.39, 0.29) is 19.1 Å². The summed E-state index contributed by atoms with van der Waals surface area (Å²) in [5, 5.41) is 2.71. The van der Waals surface area contributed by atoms with Gasteiger partial charge in [-0.2, -0.15) is 0 Å². The van der Waals surface area contributed by atoms with Crippen LogP contribution in [0.25, 0.3) is 0 Å². The van der Waals surface area contributed by atoms with Gasteiger partial charge in [-0.1, -0.05) is 25.1 Å². The molecule has 0 aliphatic rings. The van der Waals surface area contributed by atoms with Gasteiger partial charge in [0.05, 0.1) is 24.9 Å². The fourth-order valence-corrected chi connectivity index (χ4v) is 2.14. The second-order valence-electron chi connectivity index (χ2n) is 5.05. The highest BCUT2D eigenvalue weighted by Crippen LogP contribution is 2.17. The van der Waals surface area contributed by atoms with Gasteiger partial charge in [-0.3, -0.25) is 9.78 Å². The van der Waals surface area contributed by atoms with Gasteiger partial charge in [-0.15, -0.1) is 0 Å². The zero-order valence-electron chi connectivity index (χ0n) is 13.7. The zero-order valence-corrected chi connectivity index (χ0v) is 13.7. The number of hydrogen-bond acceptors (Lipinski definition) is 5. The predicted molar refractivity (Wildman–Crippen MR) is 88.7 cm³/mol. The Bertz CT molecular complexity index is 716. The molecule has 0 aliphatic carbocycles. The van der Waals surface area contributed by atoms with Crippen LogP contribution in [0, 0.1) is 0 Å². The molecule has 0 radical (unpaired) electrons. The number of aryl methyl sites for hydroxylation is 1. The maximum absolute atomic E-state index is 11.9. The molecule has 0 aliphatic heterocycles. The maximum atomic E-state index is 11.9. The molecular formula is C18H20N2O4. The summed E-state index contributed by atoms with van der Waals surface area (Å²) in [6, 6.07) is 10.8. The Labute approximate surface area is 140 Å². The molecule has 126 valence electrons. The van der Waals surface area contributed by atoms with E-state index in [0.717, 1.165) is 12.0 Å². The number of pyridine rings is 1. The summed E-state index contributed by atoms with van der Waals surface area (Å²) in [4.78, 5) is 27.5. The Balaban J connectivity index is 1.86. The first-order valence-corrected chi connectivity index (χ1v) is 7.64. The molecule has 1 aromatic heterocycles. The van der Waals surface area contributed by atoms with Crippen LogP contribution < -0.4 is 10.1 Å². The summed E-state index contributed by atoms with van der Waals surface area (Å²) < 4.78 is 10.2. The van der Waals surface area contributed by atoms with E-state index in [1.165, 1.54) is 13.3 Å². The Morgan fingerprint density at radius 3 is 2.75 bits per heavy atom. The molecule has 2 rings (SSSR count). The number of benzene rings is 1. The number of hydrogen-bond donors (Lipinski definition) is 1. The van der Waals surface area contributed by atoms with Crippen LogP contribution >= 0.6 is 0 Å². The number of nitrogens with one attached hydrogen (secondary N) is 1. The van der Waals surface area contributed by atoms with Crippen molar-refractivity contribution >= 4 is 11.9 Å². The molecule has 1 amide bonds. The number of para-hydroxylation sites is 1. The summed E-state index contributed by atoms with van der Waals surface area (Å²) >= 11 is 0. The van der Waals surface area contributed by atoms with Gasteiger partial charge >= 0.3 is 5.97 Å². The number of ether oxygens (including phenoxy) is 2. The summed E-state index contributed by atoms with van der Waals surface area (Å²) in [7, 11) is 1.32. The summed E-state index contributed by atoms with van der Waals surface area (Å²) in [6.45, 7) is 2.17. The molecule has 0 unspecified atom stereocenters. The number of amides is 1. The topological polar surface area (TPSA) is 77.5 Å². The first kappa shape index (κ1) is 17.5. The molecule has 6 nitrogen and oxygen atoms in total. The lowest BCUT2D eigenvalue weighted by Crippen LogP contribution is -2.29. The average molecular weight is 328 g/mol. The standard InChI is InChI=1S/C18H20N2O4/c1-3-13-6-4-5-7-16(13)24-12-17(21)20-11-15-10-14(8-9-19-15)18(22)23-2/h4-10H,3,11-12H2,1-2H3,(H,20,21). The Morgan fingerprint density at radius 1 is 1.21 bits per heavy atom. The van der Waals surface area contributed by atoms with Gasteiger partial charge < -0.3 is 14.8 Å². The van der Waals surface area contributed by atoms with E-state index in [1.54, 1.807) is 12.1 Å². The third-order valence-corrected chi connectivity index (χ3v) is 3.42. The molecule has 24 heavy (non-hydrogen) atoms.